The van der Waals surface area contributed by atoms with E-state index in [4.69, 9.17) is 11.6 Å². The van der Waals surface area contributed by atoms with Gasteiger partial charge < -0.3 is 10.2 Å². The van der Waals surface area contributed by atoms with Gasteiger partial charge in [0, 0.05) is 24.5 Å². The van der Waals surface area contributed by atoms with Gasteiger partial charge >= 0.3 is 0 Å². The zero-order valence-corrected chi connectivity index (χ0v) is 26.1. The first kappa shape index (κ1) is 31.8. The fourth-order valence-electron chi connectivity index (χ4n) is 4.83. The lowest BCUT2D eigenvalue weighted by Gasteiger charge is -2.34. The largest absolute Gasteiger partial charge is 0.355 e. The molecule has 0 saturated carbocycles. The molecule has 224 valence electrons. The maximum Gasteiger partial charge on any atom is 0.264 e. The van der Waals surface area contributed by atoms with Gasteiger partial charge in [0.2, 0.25) is 11.8 Å². The normalized spacial score (nSPS) is 11.9. The highest BCUT2D eigenvalue weighted by Crippen LogP contribution is 2.26. The number of hydrogen-bond acceptors (Lipinski definition) is 4. The number of halogens is 1. The highest BCUT2D eigenvalue weighted by Gasteiger charge is 2.34. The second-order valence-electron chi connectivity index (χ2n) is 10.4. The van der Waals surface area contributed by atoms with Gasteiger partial charge in [-0.1, -0.05) is 89.5 Å². The molecule has 0 bridgehead atoms. The van der Waals surface area contributed by atoms with E-state index in [1.54, 1.807) is 36.4 Å². The number of carbonyl (C=O) groups excluding carboxylic acids is 2. The van der Waals surface area contributed by atoms with Gasteiger partial charge in [0.25, 0.3) is 10.0 Å². The third-order valence-electron chi connectivity index (χ3n) is 7.06. The molecule has 0 saturated heterocycles. The van der Waals surface area contributed by atoms with Crippen molar-refractivity contribution in [2.45, 2.75) is 44.7 Å². The van der Waals surface area contributed by atoms with Gasteiger partial charge in [-0.15, -0.1) is 0 Å². The van der Waals surface area contributed by atoms with E-state index < -0.39 is 28.5 Å². The van der Waals surface area contributed by atoms with Crippen LogP contribution in [0.15, 0.2) is 108 Å². The van der Waals surface area contributed by atoms with E-state index in [-0.39, 0.29) is 29.5 Å². The van der Waals surface area contributed by atoms with E-state index >= 15 is 0 Å². The molecule has 0 aromatic heterocycles. The SMILES string of the molecule is CCNC(=O)[C@H](Cc1ccccc1)N(Cc1cccc(C)c1)C(=O)CN(c1ccc(Cl)cc1)S(=O)(=O)c1ccc(C)cc1. The number of carbonyl (C=O) groups is 2. The van der Waals surface area contributed by atoms with Crippen molar-refractivity contribution in [3.8, 4) is 0 Å². The molecular weight excluding hydrogens is 582 g/mol. The number of anilines is 1. The summed E-state index contributed by atoms with van der Waals surface area (Å²) in [5, 5.41) is 3.30. The van der Waals surface area contributed by atoms with E-state index in [0.717, 1.165) is 26.6 Å². The number of rotatable bonds is 12. The van der Waals surface area contributed by atoms with Crippen molar-refractivity contribution in [2.75, 3.05) is 17.4 Å². The van der Waals surface area contributed by atoms with Crippen LogP contribution in [0.25, 0.3) is 0 Å². The minimum atomic E-state index is -4.16. The van der Waals surface area contributed by atoms with E-state index in [1.165, 1.54) is 17.0 Å². The first-order valence-electron chi connectivity index (χ1n) is 14.1. The molecule has 2 amide bonds. The summed E-state index contributed by atoms with van der Waals surface area (Å²) in [6.07, 6.45) is 0.260. The predicted molar refractivity (Wildman–Crippen MR) is 172 cm³/mol. The second kappa shape index (κ2) is 14.4. The van der Waals surface area contributed by atoms with Gasteiger partial charge in [0.05, 0.1) is 10.6 Å². The Kier molecular flexibility index (Phi) is 10.6. The zero-order valence-electron chi connectivity index (χ0n) is 24.5. The third kappa shape index (κ3) is 8.24. The Balaban J connectivity index is 1.79. The van der Waals surface area contributed by atoms with Crippen LogP contribution < -0.4 is 9.62 Å². The lowest BCUT2D eigenvalue weighted by atomic mass is 10.0. The van der Waals surface area contributed by atoms with Crippen molar-refractivity contribution < 1.29 is 18.0 Å². The molecule has 1 atom stereocenters. The molecule has 4 aromatic rings. The third-order valence-corrected chi connectivity index (χ3v) is 9.10. The number of nitrogens with one attached hydrogen (secondary N) is 1. The Morgan fingerprint density at radius 1 is 0.814 bits per heavy atom. The van der Waals surface area contributed by atoms with Gasteiger partial charge in [-0.2, -0.15) is 0 Å². The summed E-state index contributed by atoms with van der Waals surface area (Å²) < 4.78 is 29.1. The lowest BCUT2D eigenvalue weighted by molar-refractivity contribution is -0.140. The van der Waals surface area contributed by atoms with Crippen LogP contribution in [-0.4, -0.2) is 44.3 Å². The summed E-state index contributed by atoms with van der Waals surface area (Å²) in [7, 11) is -4.16. The smallest absolute Gasteiger partial charge is 0.264 e. The number of aryl methyl sites for hydroxylation is 2. The molecule has 9 heteroatoms. The molecule has 0 radical (unpaired) electrons. The van der Waals surface area contributed by atoms with Crippen LogP contribution in [0.4, 0.5) is 5.69 Å². The molecule has 4 aromatic carbocycles. The molecule has 0 unspecified atom stereocenters. The Bertz CT molecular complexity index is 1640. The fourth-order valence-corrected chi connectivity index (χ4v) is 6.37. The molecule has 43 heavy (non-hydrogen) atoms. The van der Waals surface area contributed by atoms with E-state index in [9.17, 15) is 18.0 Å². The van der Waals surface area contributed by atoms with Crippen molar-refractivity contribution in [3.63, 3.8) is 0 Å². The Labute approximate surface area is 259 Å². The maximum atomic E-state index is 14.4. The standard InChI is InChI=1S/C34H36ClN3O4S/c1-4-36-34(40)32(22-27-10-6-5-7-11-27)37(23-28-12-8-9-26(3)21-28)33(39)24-38(30-17-15-29(35)16-18-30)43(41,42)31-19-13-25(2)14-20-31/h5-21,32H,4,22-24H2,1-3H3,(H,36,40)/t32-/m0/s1. The molecular formula is C34H36ClN3O4S. The molecule has 0 aliphatic rings. The number of sulfonamides is 1. The van der Waals surface area contributed by atoms with Crippen molar-refractivity contribution in [3.05, 3.63) is 130 Å². The number of benzene rings is 4. The van der Waals surface area contributed by atoms with Gasteiger partial charge in [-0.05, 0) is 68.3 Å². The van der Waals surface area contributed by atoms with Crippen LogP contribution in [0.3, 0.4) is 0 Å². The molecule has 1 N–H and O–H groups in total. The van der Waals surface area contributed by atoms with Gasteiger partial charge in [0.1, 0.15) is 12.6 Å². The van der Waals surface area contributed by atoms with E-state index in [1.807, 2.05) is 75.4 Å². The van der Waals surface area contributed by atoms with Crippen LogP contribution in [-0.2, 0) is 32.6 Å². The summed E-state index contributed by atoms with van der Waals surface area (Å²) >= 11 is 6.12. The average Bonchev–Trinajstić information content (AvgIpc) is 2.99. The maximum absolute atomic E-state index is 14.4. The molecule has 0 heterocycles. The van der Waals surface area contributed by atoms with E-state index in [2.05, 4.69) is 5.32 Å². The second-order valence-corrected chi connectivity index (χ2v) is 12.7. The number of nitrogens with zero attached hydrogens (tertiary/aromatic N) is 2. The molecule has 0 fully saturated rings. The van der Waals surface area contributed by atoms with Crippen LogP contribution in [0.2, 0.25) is 5.02 Å². The number of hydrogen-bond donors (Lipinski definition) is 1. The van der Waals surface area contributed by atoms with Gasteiger partial charge in [-0.25, -0.2) is 8.42 Å². The quantitative estimate of drug-likeness (QED) is 0.214. The minimum absolute atomic E-state index is 0.0515. The molecule has 0 spiro atoms. The van der Waals surface area contributed by atoms with Crippen LogP contribution >= 0.6 is 11.6 Å². The predicted octanol–water partition coefficient (Wildman–Crippen LogP) is 5.93. The molecule has 4 rings (SSSR count). The summed E-state index contributed by atoms with van der Waals surface area (Å²) in [4.78, 5) is 29.5. The lowest BCUT2D eigenvalue weighted by Crippen LogP contribution is -2.53. The number of likely N-dealkylation sites (N-methyl/N-ethyl adjacent to an activating group) is 1. The van der Waals surface area contributed by atoms with Crippen LogP contribution in [0.1, 0.15) is 29.2 Å². The minimum Gasteiger partial charge on any atom is -0.355 e. The highest BCUT2D eigenvalue weighted by molar-refractivity contribution is 7.92. The first-order chi connectivity index (χ1) is 20.6. The van der Waals surface area contributed by atoms with Crippen LogP contribution in [0.5, 0.6) is 0 Å². The van der Waals surface area contributed by atoms with Crippen molar-refractivity contribution in [2.24, 2.45) is 0 Å². The molecule has 7 nitrogen and oxygen atoms in total. The summed E-state index contributed by atoms with van der Waals surface area (Å²) in [6.45, 7) is 5.63. The van der Waals surface area contributed by atoms with E-state index in [0.29, 0.717) is 11.6 Å². The monoisotopic (exact) mass is 617 g/mol. The summed E-state index contributed by atoms with van der Waals surface area (Å²) in [6, 6.07) is 29.0. The fraction of sp³-hybridized carbons (Fsp3) is 0.235. The van der Waals surface area contributed by atoms with Gasteiger partial charge in [-0.3, -0.25) is 13.9 Å². The summed E-state index contributed by atoms with van der Waals surface area (Å²) in [5.74, 6) is -0.828. The molecule has 0 aliphatic carbocycles. The van der Waals surface area contributed by atoms with Crippen molar-refractivity contribution >= 4 is 39.1 Å². The van der Waals surface area contributed by atoms with Crippen LogP contribution in [0, 0.1) is 13.8 Å². The zero-order chi connectivity index (χ0) is 31.0. The average molecular weight is 618 g/mol. The van der Waals surface area contributed by atoms with Crippen molar-refractivity contribution in [1.82, 2.24) is 10.2 Å². The molecule has 0 aliphatic heterocycles. The first-order valence-corrected chi connectivity index (χ1v) is 15.9. The Hall–Kier alpha value is -4.14. The Morgan fingerprint density at radius 3 is 2.09 bits per heavy atom. The Morgan fingerprint density at radius 2 is 1.47 bits per heavy atom. The highest BCUT2D eigenvalue weighted by atomic mass is 35.5. The topological polar surface area (TPSA) is 86.8 Å². The number of amides is 2. The summed E-state index contributed by atoms with van der Waals surface area (Å²) in [5.41, 5.74) is 3.90. The van der Waals surface area contributed by atoms with Crippen molar-refractivity contribution in [1.29, 1.82) is 0 Å². The van der Waals surface area contributed by atoms with Gasteiger partial charge in [0.15, 0.2) is 0 Å².